The molecule has 0 aliphatic rings. The highest BCUT2D eigenvalue weighted by atomic mass is 13.9. The third-order valence-corrected chi connectivity index (χ3v) is 1.66. The second-order valence-corrected chi connectivity index (χ2v) is 2.59. The van der Waals surface area contributed by atoms with E-state index in [4.69, 9.17) is 0 Å². The number of hydrogen-bond donors (Lipinski definition) is 0. The van der Waals surface area contributed by atoms with Crippen LogP contribution in [0.15, 0.2) is 18.2 Å². The Kier molecular flexibility index (Phi) is 20.6. The van der Waals surface area contributed by atoms with Gasteiger partial charge in [0, 0.05) is 0 Å². The highest BCUT2D eigenvalue weighted by molar-refractivity contribution is 5.28. The van der Waals surface area contributed by atoms with Crippen molar-refractivity contribution in [1.29, 1.82) is 0 Å². The average Bonchev–Trinajstić information content (AvgIpc) is 2.32. The quantitative estimate of drug-likeness (QED) is 0.516. The van der Waals surface area contributed by atoms with Gasteiger partial charge in [0.25, 0.3) is 0 Å². The smallest absolute Gasteiger partial charge is 0.0395 e. The Labute approximate surface area is 97.7 Å². The molecular weight excluding hydrogens is 180 g/mol. The van der Waals surface area contributed by atoms with E-state index in [0.717, 1.165) is 0 Å². The molecule has 0 saturated carbocycles. The van der Waals surface area contributed by atoms with Gasteiger partial charge in [0.15, 0.2) is 0 Å². The normalized spacial score (nSPS) is 7.00. The molecule has 90 valence electrons. The van der Waals surface area contributed by atoms with Crippen LogP contribution in [0.5, 0.6) is 0 Å². The monoisotopic (exact) mass is 210 g/mol. The Hall–Kier alpha value is -0.780. The lowest BCUT2D eigenvalue weighted by molar-refractivity contribution is 1.30. The van der Waals surface area contributed by atoms with Crippen LogP contribution in [-0.4, -0.2) is 0 Å². The van der Waals surface area contributed by atoms with Crippen molar-refractivity contribution in [3.05, 3.63) is 34.9 Å². The minimum absolute atomic E-state index is 1.35. The van der Waals surface area contributed by atoms with E-state index in [9.17, 15) is 0 Å². The molecule has 1 aromatic rings. The third kappa shape index (κ3) is 11.1. The molecule has 0 amide bonds. The van der Waals surface area contributed by atoms with Gasteiger partial charge in [-0.25, -0.2) is 0 Å². The van der Waals surface area contributed by atoms with Gasteiger partial charge >= 0.3 is 0 Å². The topological polar surface area (TPSA) is 0 Å². The maximum Gasteiger partial charge on any atom is -0.0395 e. The predicted octanol–water partition coefficient (Wildman–Crippen LogP) is 5.69. The number of hydrogen-bond acceptors (Lipinski definition) is 0. The van der Waals surface area contributed by atoms with Crippen LogP contribution >= 0.6 is 0 Å². The fourth-order valence-corrected chi connectivity index (χ4v) is 0.891. The largest absolute Gasteiger partial charge is 0.0683 e. The zero-order valence-electron chi connectivity index (χ0n) is 12.2. The Morgan fingerprint density at radius 1 is 0.600 bits per heavy atom. The van der Waals surface area contributed by atoms with Crippen LogP contribution in [0.25, 0.3) is 0 Å². The minimum atomic E-state index is 1.35. The highest BCUT2D eigenvalue weighted by Crippen LogP contribution is 2.07. The Balaban J connectivity index is -0.000000208. The zero-order valence-corrected chi connectivity index (χ0v) is 12.2. The van der Waals surface area contributed by atoms with Crippen molar-refractivity contribution in [2.75, 3.05) is 0 Å². The summed E-state index contributed by atoms with van der Waals surface area (Å²) in [6.45, 7) is 18.4. The molecular formula is C15H30. The van der Waals surface area contributed by atoms with Gasteiger partial charge < -0.3 is 0 Å². The lowest BCUT2D eigenvalue weighted by atomic mass is 10.1. The van der Waals surface area contributed by atoms with Gasteiger partial charge in [-0.2, -0.15) is 0 Å². The summed E-state index contributed by atoms with van der Waals surface area (Å²) < 4.78 is 0. The molecule has 0 bridgehead atoms. The fourth-order valence-electron chi connectivity index (χ4n) is 0.891. The first kappa shape index (κ1) is 19.7. The highest BCUT2D eigenvalue weighted by Gasteiger charge is 1.89. The molecule has 0 radical (unpaired) electrons. The average molecular weight is 210 g/mol. The summed E-state index contributed by atoms with van der Waals surface area (Å²) in [5.41, 5.74) is 4.11. The molecule has 0 nitrogen and oxygen atoms in total. The van der Waals surface area contributed by atoms with Gasteiger partial charge in [0.05, 0.1) is 0 Å². The Bertz CT molecular complexity index is 211. The fraction of sp³-hybridized carbons (Fsp3) is 0.600. The van der Waals surface area contributed by atoms with Crippen molar-refractivity contribution in [1.82, 2.24) is 0 Å². The maximum absolute atomic E-state index is 2.20. The number of aryl methyl sites for hydroxylation is 3. The molecule has 0 N–H and O–H groups in total. The third-order valence-electron chi connectivity index (χ3n) is 1.66. The first-order valence-corrected chi connectivity index (χ1v) is 6.24. The van der Waals surface area contributed by atoms with E-state index >= 15 is 0 Å². The summed E-state index contributed by atoms with van der Waals surface area (Å²) in [6.07, 6.45) is 0. The first-order valence-electron chi connectivity index (χ1n) is 6.24. The molecule has 15 heavy (non-hydrogen) atoms. The summed E-state index contributed by atoms with van der Waals surface area (Å²) in [4.78, 5) is 0. The first-order chi connectivity index (χ1) is 7.20. The molecule has 0 heteroatoms. The summed E-state index contributed by atoms with van der Waals surface area (Å²) in [5.74, 6) is 0. The van der Waals surface area contributed by atoms with Crippen LogP contribution in [0, 0.1) is 20.8 Å². The van der Waals surface area contributed by atoms with Gasteiger partial charge in [-0.3, -0.25) is 0 Å². The van der Waals surface area contributed by atoms with Gasteiger partial charge in [0.2, 0.25) is 0 Å². The van der Waals surface area contributed by atoms with E-state index in [-0.39, 0.29) is 0 Å². The molecule has 0 atom stereocenters. The molecule has 0 spiro atoms. The number of benzene rings is 1. The van der Waals surface area contributed by atoms with E-state index in [1.165, 1.54) is 16.7 Å². The van der Waals surface area contributed by atoms with Crippen LogP contribution in [0.2, 0.25) is 0 Å². The van der Waals surface area contributed by atoms with Crippen LogP contribution in [0.1, 0.15) is 58.2 Å². The molecule has 0 fully saturated rings. The van der Waals surface area contributed by atoms with Gasteiger partial charge in [-0.05, 0) is 31.9 Å². The summed E-state index contributed by atoms with van der Waals surface area (Å²) in [5, 5.41) is 0. The van der Waals surface area contributed by atoms with E-state index in [2.05, 4.69) is 39.0 Å². The zero-order chi connectivity index (χ0) is 12.9. The van der Waals surface area contributed by atoms with E-state index in [0.29, 0.717) is 0 Å². The van der Waals surface area contributed by atoms with Crippen LogP contribution in [0.4, 0.5) is 0 Å². The summed E-state index contributed by atoms with van der Waals surface area (Å²) in [6, 6.07) is 6.50. The second kappa shape index (κ2) is 15.7. The Morgan fingerprint density at radius 3 is 1.27 bits per heavy atom. The van der Waals surface area contributed by atoms with Crippen LogP contribution in [-0.2, 0) is 0 Å². The SMILES string of the molecule is CC.CC.CC.Cc1ccc(C)c(C)c1. The standard InChI is InChI=1S/C9H12.3C2H6/c1-7-4-5-8(2)9(3)6-7;3*1-2/h4-6H,1-3H3;3*1-2H3. The van der Waals surface area contributed by atoms with E-state index in [1.54, 1.807) is 0 Å². The van der Waals surface area contributed by atoms with Gasteiger partial charge in [-0.1, -0.05) is 65.3 Å². The van der Waals surface area contributed by atoms with Crippen molar-refractivity contribution in [3.8, 4) is 0 Å². The second-order valence-electron chi connectivity index (χ2n) is 2.59. The van der Waals surface area contributed by atoms with Crippen LogP contribution < -0.4 is 0 Å². The summed E-state index contributed by atoms with van der Waals surface area (Å²) in [7, 11) is 0. The van der Waals surface area contributed by atoms with E-state index < -0.39 is 0 Å². The molecule has 0 aromatic heterocycles. The molecule has 0 unspecified atom stereocenters. The van der Waals surface area contributed by atoms with Gasteiger partial charge in [-0.15, -0.1) is 0 Å². The molecule has 0 aliphatic carbocycles. The van der Waals surface area contributed by atoms with Crippen molar-refractivity contribution in [2.45, 2.75) is 62.3 Å². The van der Waals surface area contributed by atoms with Gasteiger partial charge in [0.1, 0.15) is 0 Å². The van der Waals surface area contributed by atoms with Crippen molar-refractivity contribution in [3.63, 3.8) is 0 Å². The summed E-state index contributed by atoms with van der Waals surface area (Å²) >= 11 is 0. The number of rotatable bonds is 0. The minimum Gasteiger partial charge on any atom is -0.0683 e. The lowest BCUT2D eigenvalue weighted by Gasteiger charge is -1.98. The molecule has 1 rings (SSSR count). The van der Waals surface area contributed by atoms with Crippen molar-refractivity contribution in [2.24, 2.45) is 0 Å². The molecule has 0 saturated heterocycles. The maximum atomic E-state index is 2.20. The molecule has 0 aliphatic heterocycles. The molecule has 1 aromatic carbocycles. The molecule has 0 heterocycles. The van der Waals surface area contributed by atoms with Crippen molar-refractivity contribution < 1.29 is 0 Å². The van der Waals surface area contributed by atoms with E-state index in [1.807, 2.05) is 41.5 Å². The van der Waals surface area contributed by atoms with Crippen molar-refractivity contribution >= 4 is 0 Å². The van der Waals surface area contributed by atoms with Crippen LogP contribution in [0.3, 0.4) is 0 Å². The predicted molar refractivity (Wildman–Crippen MR) is 74.7 cm³/mol. The lowest BCUT2D eigenvalue weighted by Crippen LogP contribution is -1.79. The Morgan fingerprint density at radius 2 is 1.00 bits per heavy atom.